The fraction of sp³-hybridized carbons (Fsp3) is 0.259. The molecule has 8 nitrogen and oxygen atoms in total. The first-order chi connectivity index (χ1) is 18.1. The first kappa shape index (κ1) is 26.2. The monoisotopic (exact) mass is 569 g/mol. The molecule has 2 heterocycles. The molecule has 0 aliphatic heterocycles. The van der Waals surface area contributed by atoms with E-state index in [1.54, 1.807) is 44.3 Å². The van der Waals surface area contributed by atoms with Crippen LogP contribution in [0.5, 0.6) is 5.75 Å². The van der Waals surface area contributed by atoms with Gasteiger partial charge in [0.25, 0.3) is 11.8 Å². The molecular formula is C27H25Cl2N5O3S. The van der Waals surface area contributed by atoms with Crippen LogP contribution in [-0.4, -0.2) is 39.0 Å². The SMILES string of the molecule is C/C(=N\NC(=O)c1ccc(C(=O)NCC2=CC3C(C)C3C=C2)s1)c1nn(C)c(-c2ccc(Cl)c(Cl)c2)c1O. The fourth-order valence-corrected chi connectivity index (χ4v) is 5.68. The topological polar surface area (TPSA) is 109 Å². The number of aryl methyl sites for hydroxylation is 1. The van der Waals surface area contributed by atoms with Gasteiger partial charge in [-0.05, 0) is 54.5 Å². The molecule has 3 aromatic rings. The molecule has 5 rings (SSSR count). The number of hydrogen-bond acceptors (Lipinski definition) is 6. The molecule has 196 valence electrons. The molecule has 2 amide bonds. The van der Waals surface area contributed by atoms with Crippen LogP contribution in [0.1, 0.15) is 38.9 Å². The Balaban J connectivity index is 1.22. The normalized spacial score (nSPS) is 20.1. The Hall–Kier alpha value is -3.40. The van der Waals surface area contributed by atoms with E-state index in [1.807, 2.05) is 0 Å². The molecule has 11 heteroatoms. The Kier molecular flexibility index (Phi) is 7.17. The van der Waals surface area contributed by atoms with E-state index in [-0.39, 0.29) is 17.4 Å². The molecule has 3 atom stereocenters. The predicted molar refractivity (Wildman–Crippen MR) is 150 cm³/mol. The first-order valence-electron chi connectivity index (χ1n) is 12.0. The lowest BCUT2D eigenvalue weighted by atomic mass is 10.1. The molecule has 3 N–H and O–H groups in total. The van der Waals surface area contributed by atoms with Gasteiger partial charge in [0, 0.05) is 19.2 Å². The molecule has 1 saturated carbocycles. The van der Waals surface area contributed by atoms with Crippen LogP contribution in [0.2, 0.25) is 10.0 Å². The summed E-state index contributed by atoms with van der Waals surface area (Å²) in [7, 11) is 1.68. The van der Waals surface area contributed by atoms with E-state index in [1.165, 1.54) is 4.68 Å². The smallest absolute Gasteiger partial charge is 0.281 e. The van der Waals surface area contributed by atoms with Crippen LogP contribution < -0.4 is 10.7 Å². The van der Waals surface area contributed by atoms with Crippen LogP contribution in [0.15, 0.2) is 59.2 Å². The van der Waals surface area contributed by atoms with Crippen molar-refractivity contribution in [1.29, 1.82) is 0 Å². The number of aromatic nitrogens is 2. The average Bonchev–Trinajstić information content (AvgIpc) is 3.22. The highest BCUT2D eigenvalue weighted by atomic mass is 35.5. The van der Waals surface area contributed by atoms with E-state index in [2.05, 4.69) is 46.1 Å². The Morgan fingerprint density at radius 1 is 1.13 bits per heavy atom. The number of amides is 2. The number of carbonyl (C=O) groups excluding carboxylic acids is 2. The van der Waals surface area contributed by atoms with Crippen molar-refractivity contribution in [3.63, 3.8) is 0 Å². The highest BCUT2D eigenvalue weighted by Gasteiger charge is 2.44. The Bertz CT molecular complexity index is 1540. The number of carbonyl (C=O) groups is 2. The van der Waals surface area contributed by atoms with Gasteiger partial charge in [0.1, 0.15) is 5.69 Å². The molecule has 2 aliphatic carbocycles. The lowest BCUT2D eigenvalue weighted by Gasteiger charge is -2.07. The molecule has 0 saturated heterocycles. The standard InChI is InChI=1S/C27H25Cl2N5O3S/c1-13-17-6-4-15(10-18(13)17)12-30-26(36)21-8-9-22(38-21)27(37)32-31-14(2)23-25(35)24(34(3)33-23)16-5-7-19(28)20(29)11-16/h4-11,13,17-18,35H,12H2,1-3H3,(H,30,36)(H,32,37)/b31-14+. The van der Waals surface area contributed by atoms with E-state index in [0.29, 0.717) is 61.1 Å². The zero-order valence-corrected chi connectivity index (χ0v) is 23.2. The number of halogens is 2. The van der Waals surface area contributed by atoms with Gasteiger partial charge in [0.15, 0.2) is 11.4 Å². The number of hydrogen-bond donors (Lipinski definition) is 3. The second-order valence-electron chi connectivity index (χ2n) is 9.40. The van der Waals surface area contributed by atoms with Crippen LogP contribution in [-0.2, 0) is 7.05 Å². The first-order valence-corrected chi connectivity index (χ1v) is 13.5. The van der Waals surface area contributed by atoms with Crippen LogP contribution in [0, 0.1) is 17.8 Å². The third-order valence-corrected chi connectivity index (χ3v) is 8.67. The largest absolute Gasteiger partial charge is 0.504 e. The van der Waals surface area contributed by atoms with Gasteiger partial charge in [-0.1, -0.05) is 54.4 Å². The summed E-state index contributed by atoms with van der Waals surface area (Å²) in [6.45, 7) is 4.30. The van der Waals surface area contributed by atoms with Crippen LogP contribution in [0.4, 0.5) is 0 Å². The average molecular weight is 571 g/mol. The fourth-order valence-electron chi connectivity index (χ4n) is 4.57. The van der Waals surface area contributed by atoms with Gasteiger partial charge < -0.3 is 10.4 Å². The van der Waals surface area contributed by atoms with Gasteiger partial charge in [0.05, 0.1) is 25.5 Å². The summed E-state index contributed by atoms with van der Waals surface area (Å²) >= 11 is 13.2. The van der Waals surface area contributed by atoms with Crippen molar-refractivity contribution in [2.24, 2.45) is 29.9 Å². The number of rotatable bonds is 7. The van der Waals surface area contributed by atoms with Gasteiger partial charge in [-0.2, -0.15) is 10.2 Å². The minimum atomic E-state index is -0.472. The molecule has 2 aromatic heterocycles. The molecule has 3 unspecified atom stereocenters. The number of nitrogens with zero attached hydrogens (tertiary/aromatic N) is 3. The van der Waals surface area contributed by atoms with E-state index < -0.39 is 5.91 Å². The number of benzene rings is 1. The predicted octanol–water partition coefficient (Wildman–Crippen LogP) is 5.42. The lowest BCUT2D eigenvalue weighted by molar-refractivity contribution is 0.0953. The second kappa shape index (κ2) is 10.4. The van der Waals surface area contributed by atoms with Gasteiger partial charge in [0.2, 0.25) is 0 Å². The summed E-state index contributed by atoms with van der Waals surface area (Å²) in [5, 5.41) is 22.9. The molecule has 1 aromatic carbocycles. The molecule has 38 heavy (non-hydrogen) atoms. The molecule has 0 spiro atoms. The van der Waals surface area contributed by atoms with Crippen LogP contribution in [0.25, 0.3) is 11.3 Å². The van der Waals surface area contributed by atoms with Crippen molar-refractivity contribution in [2.45, 2.75) is 13.8 Å². The van der Waals surface area contributed by atoms with Crippen molar-refractivity contribution in [1.82, 2.24) is 20.5 Å². The van der Waals surface area contributed by atoms with Crippen LogP contribution >= 0.6 is 34.5 Å². The van der Waals surface area contributed by atoms with E-state index in [4.69, 9.17) is 23.2 Å². The number of hydrazone groups is 1. The molecule has 0 radical (unpaired) electrons. The maximum absolute atomic E-state index is 12.7. The number of aromatic hydroxyl groups is 1. The highest BCUT2D eigenvalue weighted by molar-refractivity contribution is 7.15. The van der Waals surface area contributed by atoms with Gasteiger partial charge >= 0.3 is 0 Å². The van der Waals surface area contributed by atoms with Crippen molar-refractivity contribution in [3.8, 4) is 17.0 Å². The summed E-state index contributed by atoms with van der Waals surface area (Å²) in [4.78, 5) is 26.0. The van der Waals surface area contributed by atoms with E-state index in [9.17, 15) is 14.7 Å². The van der Waals surface area contributed by atoms with Crippen molar-refractivity contribution >= 4 is 52.1 Å². The maximum Gasteiger partial charge on any atom is 0.281 e. The third kappa shape index (κ3) is 5.14. The summed E-state index contributed by atoms with van der Waals surface area (Å²) in [6, 6.07) is 8.18. The Morgan fingerprint density at radius 3 is 2.58 bits per heavy atom. The summed E-state index contributed by atoms with van der Waals surface area (Å²) in [6.07, 6.45) is 6.52. The zero-order chi connectivity index (χ0) is 27.1. The van der Waals surface area contributed by atoms with Crippen molar-refractivity contribution in [3.05, 3.63) is 79.6 Å². The number of fused-ring (bicyclic) bond motifs is 1. The minimum absolute atomic E-state index is 0.106. The summed E-state index contributed by atoms with van der Waals surface area (Å²) in [5.41, 5.74) is 5.13. The third-order valence-electron chi connectivity index (χ3n) is 6.85. The zero-order valence-electron chi connectivity index (χ0n) is 20.8. The molecule has 1 fully saturated rings. The lowest BCUT2D eigenvalue weighted by Crippen LogP contribution is -2.24. The van der Waals surface area contributed by atoms with Crippen molar-refractivity contribution in [2.75, 3.05) is 6.54 Å². The highest BCUT2D eigenvalue weighted by Crippen LogP contribution is 2.50. The summed E-state index contributed by atoms with van der Waals surface area (Å²) < 4.78 is 1.50. The van der Waals surface area contributed by atoms with Crippen molar-refractivity contribution < 1.29 is 14.7 Å². The minimum Gasteiger partial charge on any atom is -0.504 e. The molecule has 2 aliphatic rings. The van der Waals surface area contributed by atoms with Gasteiger partial charge in [-0.15, -0.1) is 11.3 Å². The number of thiophene rings is 1. The second-order valence-corrected chi connectivity index (χ2v) is 11.3. The quantitative estimate of drug-likeness (QED) is 0.260. The molecular weight excluding hydrogens is 545 g/mol. The maximum atomic E-state index is 12.7. The van der Waals surface area contributed by atoms with E-state index in [0.717, 1.165) is 16.9 Å². The van der Waals surface area contributed by atoms with E-state index >= 15 is 0 Å². The Morgan fingerprint density at radius 2 is 1.87 bits per heavy atom. The summed E-state index contributed by atoms with van der Waals surface area (Å²) in [5.74, 6) is 1.10. The number of allylic oxidation sites excluding steroid dienone is 2. The number of nitrogens with one attached hydrogen (secondary N) is 2. The van der Waals surface area contributed by atoms with Gasteiger partial charge in [-0.3, -0.25) is 14.3 Å². The molecule has 0 bridgehead atoms. The van der Waals surface area contributed by atoms with Crippen LogP contribution in [0.3, 0.4) is 0 Å². The Labute approximate surface area is 233 Å². The van der Waals surface area contributed by atoms with Gasteiger partial charge in [-0.25, -0.2) is 5.43 Å².